The van der Waals surface area contributed by atoms with Crippen molar-refractivity contribution in [1.29, 1.82) is 0 Å². The normalized spacial score (nSPS) is 18.8. The first-order chi connectivity index (χ1) is 15.0. The summed E-state index contributed by atoms with van der Waals surface area (Å²) in [6.07, 6.45) is 1.09. The van der Waals surface area contributed by atoms with Crippen molar-refractivity contribution in [3.63, 3.8) is 0 Å². The van der Waals surface area contributed by atoms with Crippen LogP contribution in [0.25, 0.3) is 0 Å². The minimum Gasteiger partial charge on any atom is -0.452 e. The lowest BCUT2D eigenvalue weighted by molar-refractivity contribution is -0.137. The van der Waals surface area contributed by atoms with E-state index in [1.165, 1.54) is 24.3 Å². The highest BCUT2D eigenvalue weighted by Crippen LogP contribution is 2.22. The van der Waals surface area contributed by atoms with Gasteiger partial charge in [0.2, 0.25) is 0 Å². The Balaban J connectivity index is 1.58. The average molecular weight is 459 g/mol. The molecule has 0 aromatic heterocycles. The smallest absolute Gasteiger partial charge is 0.338 e. The molecule has 1 heterocycles. The van der Waals surface area contributed by atoms with Crippen LogP contribution in [0.15, 0.2) is 47.4 Å². The van der Waals surface area contributed by atoms with E-state index >= 15 is 0 Å². The van der Waals surface area contributed by atoms with Crippen LogP contribution in [0, 0.1) is 25.7 Å². The molecule has 0 spiro atoms. The van der Waals surface area contributed by atoms with Crippen molar-refractivity contribution in [2.75, 3.05) is 24.4 Å². The van der Waals surface area contributed by atoms with E-state index in [4.69, 9.17) is 4.74 Å². The van der Waals surface area contributed by atoms with Gasteiger partial charge in [-0.3, -0.25) is 9.52 Å². The summed E-state index contributed by atoms with van der Waals surface area (Å²) in [7, 11) is -3.75. The van der Waals surface area contributed by atoms with Gasteiger partial charge in [-0.25, -0.2) is 13.2 Å². The average Bonchev–Trinajstić information content (AvgIpc) is 2.73. The Morgan fingerprint density at radius 1 is 1.00 bits per heavy atom. The van der Waals surface area contributed by atoms with E-state index in [0.717, 1.165) is 17.5 Å². The van der Waals surface area contributed by atoms with Gasteiger partial charge >= 0.3 is 5.97 Å². The van der Waals surface area contributed by atoms with Crippen LogP contribution in [0.2, 0.25) is 0 Å². The van der Waals surface area contributed by atoms with E-state index in [1.807, 2.05) is 13.8 Å². The van der Waals surface area contributed by atoms with Crippen LogP contribution >= 0.6 is 0 Å². The molecular weight excluding hydrogens is 428 g/mol. The maximum Gasteiger partial charge on any atom is 0.338 e. The van der Waals surface area contributed by atoms with Crippen molar-refractivity contribution in [3.05, 3.63) is 59.2 Å². The number of anilines is 1. The van der Waals surface area contributed by atoms with E-state index in [-0.39, 0.29) is 23.0 Å². The maximum atomic E-state index is 12.6. The number of nitrogens with zero attached hydrogens (tertiary/aromatic N) is 1. The molecule has 2 aromatic carbocycles. The Labute approximate surface area is 189 Å². The fraction of sp³-hybridized carbons (Fsp3) is 0.417. The van der Waals surface area contributed by atoms with Crippen molar-refractivity contribution in [3.8, 4) is 0 Å². The van der Waals surface area contributed by atoms with Crippen molar-refractivity contribution in [2.45, 2.75) is 39.0 Å². The summed E-state index contributed by atoms with van der Waals surface area (Å²) >= 11 is 0. The highest BCUT2D eigenvalue weighted by atomic mass is 32.2. The minimum atomic E-state index is -3.75. The fourth-order valence-electron chi connectivity index (χ4n) is 3.94. The number of esters is 1. The zero-order chi connectivity index (χ0) is 23.5. The Bertz CT molecular complexity index is 1090. The molecule has 3 rings (SSSR count). The van der Waals surface area contributed by atoms with Crippen LogP contribution in [0.3, 0.4) is 0 Å². The highest BCUT2D eigenvalue weighted by molar-refractivity contribution is 7.92. The van der Waals surface area contributed by atoms with Gasteiger partial charge in [0.15, 0.2) is 6.61 Å². The lowest BCUT2D eigenvalue weighted by atomic mass is 9.92. The van der Waals surface area contributed by atoms with Gasteiger partial charge in [0.05, 0.1) is 10.5 Å². The first kappa shape index (κ1) is 23.8. The van der Waals surface area contributed by atoms with Crippen LogP contribution in [0.4, 0.5) is 5.69 Å². The zero-order valence-corrected chi connectivity index (χ0v) is 19.7. The Morgan fingerprint density at radius 3 is 2.22 bits per heavy atom. The summed E-state index contributed by atoms with van der Waals surface area (Å²) in [5.74, 6) is 0.0339. The number of sulfonamides is 1. The second-order valence-corrected chi connectivity index (χ2v) is 10.4. The minimum absolute atomic E-state index is 0.170. The molecule has 1 saturated heterocycles. The molecule has 172 valence electrons. The number of carbonyl (C=O) groups is 2. The second-order valence-electron chi connectivity index (χ2n) is 8.75. The van der Waals surface area contributed by atoms with Crippen LogP contribution in [-0.2, 0) is 19.6 Å². The molecule has 0 bridgehead atoms. The lowest BCUT2D eigenvalue weighted by Crippen LogP contribution is -2.44. The quantitative estimate of drug-likeness (QED) is 0.666. The van der Waals surface area contributed by atoms with Crippen LogP contribution in [0.5, 0.6) is 0 Å². The molecule has 1 N–H and O–H groups in total. The molecule has 1 aliphatic rings. The monoisotopic (exact) mass is 458 g/mol. The summed E-state index contributed by atoms with van der Waals surface area (Å²) in [5, 5.41) is 0. The standard InChI is InChI=1S/C24H30N2O5S/c1-16-11-17(2)14-26(13-16)23(27)15-31-24(28)20-6-8-21(9-7-20)25-32(29,30)22-10-5-18(3)19(4)12-22/h5-10,12,16-17,25H,11,13-15H2,1-4H3/t16-,17+. The zero-order valence-electron chi connectivity index (χ0n) is 18.9. The predicted octanol–water partition coefficient (Wildman–Crippen LogP) is 3.77. The number of rotatable bonds is 6. The summed E-state index contributed by atoms with van der Waals surface area (Å²) in [6.45, 7) is 9.03. The Kier molecular flexibility index (Phi) is 7.23. The molecule has 0 radical (unpaired) electrons. The molecule has 2 atom stereocenters. The predicted molar refractivity (Wildman–Crippen MR) is 123 cm³/mol. The number of hydrogen-bond acceptors (Lipinski definition) is 5. The van der Waals surface area contributed by atoms with E-state index in [1.54, 1.807) is 23.1 Å². The maximum absolute atomic E-state index is 12.6. The Morgan fingerprint density at radius 2 is 1.62 bits per heavy atom. The molecule has 0 aliphatic carbocycles. The third-order valence-corrected chi connectivity index (χ3v) is 7.09. The summed E-state index contributed by atoms with van der Waals surface area (Å²) in [4.78, 5) is 26.6. The van der Waals surface area contributed by atoms with Crippen molar-refractivity contribution < 1.29 is 22.7 Å². The SMILES string of the molecule is Cc1ccc(S(=O)(=O)Nc2ccc(C(=O)OCC(=O)N3C[C@H](C)C[C@H](C)C3)cc2)cc1C. The third-order valence-electron chi connectivity index (χ3n) is 5.71. The molecule has 1 fully saturated rings. The molecular formula is C24H30N2O5S. The molecule has 7 nitrogen and oxygen atoms in total. The third kappa shape index (κ3) is 5.88. The van der Waals surface area contributed by atoms with E-state index < -0.39 is 16.0 Å². The van der Waals surface area contributed by atoms with Crippen LogP contribution in [-0.4, -0.2) is 44.9 Å². The lowest BCUT2D eigenvalue weighted by Gasteiger charge is -2.34. The number of piperidine rings is 1. The van der Waals surface area contributed by atoms with Gasteiger partial charge in [-0.2, -0.15) is 0 Å². The van der Waals surface area contributed by atoms with E-state index in [2.05, 4.69) is 18.6 Å². The van der Waals surface area contributed by atoms with Gasteiger partial charge < -0.3 is 9.64 Å². The number of carbonyl (C=O) groups excluding carboxylic acids is 2. The number of ether oxygens (including phenoxy) is 1. The Hall–Kier alpha value is -2.87. The van der Waals surface area contributed by atoms with Crippen molar-refractivity contribution in [2.24, 2.45) is 11.8 Å². The van der Waals surface area contributed by atoms with Crippen molar-refractivity contribution in [1.82, 2.24) is 4.90 Å². The second kappa shape index (κ2) is 9.73. The van der Waals surface area contributed by atoms with Gasteiger partial charge in [0, 0.05) is 18.8 Å². The van der Waals surface area contributed by atoms with Gasteiger partial charge in [-0.15, -0.1) is 0 Å². The number of amides is 1. The topological polar surface area (TPSA) is 92.8 Å². The molecule has 32 heavy (non-hydrogen) atoms. The van der Waals surface area contributed by atoms with Gasteiger partial charge in [-0.05, 0) is 79.6 Å². The van der Waals surface area contributed by atoms with Crippen molar-refractivity contribution >= 4 is 27.6 Å². The number of nitrogens with one attached hydrogen (secondary N) is 1. The van der Waals surface area contributed by atoms with Crippen LogP contribution < -0.4 is 4.72 Å². The van der Waals surface area contributed by atoms with Gasteiger partial charge in [0.25, 0.3) is 15.9 Å². The van der Waals surface area contributed by atoms with Crippen LogP contribution in [0.1, 0.15) is 41.8 Å². The first-order valence-electron chi connectivity index (χ1n) is 10.7. The van der Waals surface area contributed by atoms with Gasteiger partial charge in [0.1, 0.15) is 0 Å². The summed E-state index contributed by atoms with van der Waals surface area (Å²) in [5.41, 5.74) is 2.46. The molecule has 0 unspecified atom stereocenters. The molecule has 8 heteroatoms. The number of likely N-dealkylation sites (tertiary alicyclic amines) is 1. The summed E-state index contributed by atoms with van der Waals surface area (Å²) < 4.78 is 32.9. The molecule has 0 saturated carbocycles. The fourth-order valence-corrected chi connectivity index (χ4v) is 5.08. The molecule has 1 aliphatic heterocycles. The van der Waals surface area contributed by atoms with Gasteiger partial charge in [-0.1, -0.05) is 19.9 Å². The van der Waals surface area contributed by atoms with E-state index in [9.17, 15) is 18.0 Å². The number of benzene rings is 2. The molecule has 2 aromatic rings. The number of hydrogen-bond donors (Lipinski definition) is 1. The summed E-state index contributed by atoms with van der Waals surface area (Å²) in [6, 6.07) is 10.8. The molecule has 1 amide bonds. The highest BCUT2D eigenvalue weighted by Gasteiger charge is 2.26. The van der Waals surface area contributed by atoms with E-state index in [0.29, 0.717) is 30.6 Å². The number of aryl methyl sites for hydroxylation is 2. The largest absolute Gasteiger partial charge is 0.452 e. The first-order valence-corrected chi connectivity index (χ1v) is 12.2.